The van der Waals surface area contributed by atoms with Crippen LogP contribution in [0.15, 0.2) is 36.5 Å². The molecule has 1 amide bonds. The smallest absolute Gasteiger partial charge is 0.270 e. The fraction of sp³-hybridized carbons (Fsp3) is 0.450. The van der Waals surface area contributed by atoms with Gasteiger partial charge in [0, 0.05) is 38.7 Å². The summed E-state index contributed by atoms with van der Waals surface area (Å²) in [5.74, 6) is -0.428. The lowest BCUT2D eigenvalue weighted by Crippen LogP contribution is -2.45. The second kappa shape index (κ2) is 8.20. The van der Waals surface area contributed by atoms with Gasteiger partial charge < -0.3 is 19.7 Å². The fourth-order valence-corrected chi connectivity index (χ4v) is 3.52. The Balaban J connectivity index is 1.31. The molecule has 0 unspecified atom stereocenters. The van der Waals surface area contributed by atoms with Gasteiger partial charge in [0.2, 0.25) is 5.95 Å². The number of carbonyl (C=O) groups is 1. The van der Waals surface area contributed by atoms with E-state index in [1.54, 1.807) is 24.4 Å². The number of carbonyl (C=O) groups excluding carboxylic acids is 1. The lowest BCUT2D eigenvalue weighted by Gasteiger charge is -2.37. The van der Waals surface area contributed by atoms with Crippen molar-refractivity contribution in [3.05, 3.63) is 53.6 Å². The topological polar surface area (TPSA) is 76.6 Å². The average Bonchev–Trinajstić information content (AvgIpc) is 3.18. The van der Waals surface area contributed by atoms with Gasteiger partial charge >= 0.3 is 0 Å². The van der Waals surface area contributed by atoms with Crippen LogP contribution in [0.3, 0.4) is 0 Å². The van der Waals surface area contributed by atoms with Gasteiger partial charge in [-0.2, -0.15) is 0 Å². The maximum absolute atomic E-state index is 12.9. The van der Waals surface area contributed by atoms with Gasteiger partial charge in [0.1, 0.15) is 11.5 Å². The van der Waals surface area contributed by atoms with Crippen LogP contribution >= 0.6 is 0 Å². The summed E-state index contributed by atoms with van der Waals surface area (Å²) >= 11 is 0. The van der Waals surface area contributed by atoms with Gasteiger partial charge in [-0.15, -0.1) is 0 Å². The van der Waals surface area contributed by atoms with Crippen molar-refractivity contribution in [2.75, 3.05) is 37.7 Å². The van der Waals surface area contributed by atoms with Crippen LogP contribution in [0.4, 0.5) is 10.3 Å². The average molecular weight is 386 g/mol. The number of amides is 1. The molecule has 4 rings (SSSR count). The number of halogens is 1. The van der Waals surface area contributed by atoms with Crippen LogP contribution in [0.2, 0.25) is 0 Å². The Morgan fingerprint density at radius 2 is 1.86 bits per heavy atom. The summed E-state index contributed by atoms with van der Waals surface area (Å²) < 4.78 is 24.4. The highest BCUT2D eigenvalue weighted by atomic mass is 19.1. The van der Waals surface area contributed by atoms with E-state index in [1.807, 2.05) is 4.90 Å². The molecule has 1 N–H and O–H groups in total. The molecule has 2 aliphatic heterocycles. The Kier molecular flexibility index (Phi) is 5.50. The predicted molar refractivity (Wildman–Crippen MR) is 101 cm³/mol. The van der Waals surface area contributed by atoms with Gasteiger partial charge in [0.15, 0.2) is 5.79 Å². The number of nitrogens with one attached hydrogen (secondary N) is 1. The third kappa shape index (κ3) is 4.28. The zero-order valence-corrected chi connectivity index (χ0v) is 15.6. The Bertz CT molecular complexity index is 814. The third-order valence-corrected chi connectivity index (χ3v) is 5.11. The van der Waals surface area contributed by atoms with Crippen molar-refractivity contribution in [1.82, 2.24) is 15.3 Å². The predicted octanol–water partition coefficient (Wildman–Crippen LogP) is 1.93. The first-order valence-corrected chi connectivity index (χ1v) is 9.52. The normalized spacial score (nSPS) is 18.4. The van der Waals surface area contributed by atoms with Crippen LogP contribution in [-0.4, -0.2) is 54.5 Å². The Morgan fingerprint density at radius 1 is 1.14 bits per heavy atom. The Hall–Kier alpha value is -2.58. The zero-order valence-electron chi connectivity index (χ0n) is 15.6. The van der Waals surface area contributed by atoms with Crippen LogP contribution in [0.5, 0.6) is 0 Å². The van der Waals surface area contributed by atoms with E-state index in [9.17, 15) is 9.18 Å². The van der Waals surface area contributed by atoms with Gasteiger partial charge in [-0.1, -0.05) is 12.1 Å². The summed E-state index contributed by atoms with van der Waals surface area (Å²) in [4.78, 5) is 23.2. The van der Waals surface area contributed by atoms with Crippen LogP contribution in [0.25, 0.3) is 0 Å². The quantitative estimate of drug-likeness (QED) is 0.846. The summed E-state index contributed by atoms with van der Waals surface area (Å²) in [6, 6.07) is 7.86. The lowest BCUT2D eigenvalue weighted by molar-refractivity contribution is -0.169. The molecule has 1 aromatic carbocycles. The monoisotopic (exact) mass is 386 g/mol. The van der Waals surface area contributed by atoms with E-state index in [4.69, 9.17) is 9.47 Å². The number of rotatable bonds is 5. The highest BCUT2D eigenvalue weighted by molar-refractivity contribution is 5.92. The number of anilines is 1. The second-order valence-electron chi connectivity index (χ2n) is 6.97. The molecular weight excluding hydrogens is 363 g/mol. The van der Waals surface area contributed by atoms with E-state index < -0.39 is 5.79 Å². The molecule has 2 aromatic rings. The highest BCUT2D eigenvalue weighted by Gasteiger charge is 2.40. The molecule has 3 heterocycles. The van der Waals surface area contributed by atoms with Gasteiger partial charge in [-0.3, -0.25) is 4.79 Å². The standard InChI is InChI=1S/C20H23FN4O3/c21-16-3-1-15(2-4-16)5-9-22-18(26)17-6-10-23-19(24-17)25-11-7-20(8-12-25)27-13-14-28-20/h1-4,6,10H,5,7-9,11-14H2,(H,22,26). The largest absolute Gasteiger partial charge is 0.350 e. The summed E-state index contributed by atoms with van der Waals surface area (Å²) in [5, 5.41) is 2.85. The Labute approximate surface area is 162 Å². The molecule has 2 saturated heterocycles. The molecule has 7 nitrogen and oxygen atoms in total. The summed E-state index contributed by atoms with van der Waals surface area (Å²) in [6.07, 6.45) is 3.73. The van der Waals surface area contributed by atoms with Gasteiger partial charge in [-0.05, 0) is 30.2 Å². The SMILES string of the molecule is O=C(NCCc1ccc(F)cc1)c1ccnc(N2CCC3(CC2)OCCO3)n1. The minimum absolute atomic E-state index is 0.248. The van der Waals surface area contributed by atoms with Crippen molar-refractivity contribution in [3.8, 4) is 0 Å². The molecule has 148 valence electrons. The molecule has 28 heavy (non-hydrogen) atoms. The minimum Gasteiger partial charge on any atom is -0.350 e. The number of benzene rings is 1. The number of piperidine rings is 1. The van der Waals surface area contributed by atoms with E-state index >= 15 is 0 Å². The van der Waals surface area contributed by atoms with E-state index in [-0.39, 0.29) is 11.7 Å². The number of nitrogens with zero attached hydrogens (tertiary/aromatic N) is 3. The summed E-state index contributed by atoms with van der Waals surface area (Å²) in [6.45, 7) is 3.17. The van der Waals surface area contributed by atoms with Crippen LogP contribution < -0.4 is 10.2 Å². The zero-order chi connectivity index (χ0) is 19.4. The molecule has 0 atom stereocenters. The molecular formula is C20H23FN4O3. The van der Waals surface area contributed by atoms with Crippen molar-refractivity contribution >= 4 is 11.9 Å². The Morgan fingerprint density at radius 3 is 2.57 bits per heavy atom. The van der Waals surface area contributed by atoms with E-state index in [0.29, 0.717) is 37.8 Å². The molecule has 0 aliphatic carbocycles. The summed E-state index contributed by atoms with van der Waals surface area (Å²) in [7, 11) is 0. The highest BCUT2D eigenvalue weighted by Crippen LogP contribution is 2.32. The number of ether oxygens (including phenoxy) is 2. The molecule has 1 spiro atoms. The van der Waals surface area contributed by atoms with Gasteiger partial charge in [-0.25, -0.2) is 14.4 Å². The van der Waals surface area contributed by atoms with Crippen molar-refractivity contribution in [2.45, 2.75) is 25.0 Å². The van der Waals surface area contributed by atoms with Crippen LogP contribution in [-0.2, 0) is 15.9 Å². The maximum atomic E-state index is 12.9. The van der Waals surface area contributed by atoms with Gasteiger partial charge in [0.25, 0.3) is 5.91 Å². The van der Waals surface area contributed by atoms with Crippen LogP contribution in [0, 0.1) is 5.82 Å². The van der Waals surface area contributed by atoms with Crippen LogP contribution in [0.1, 0.15) is 28.9 Å². The number of aromatic nitrogens is 2. The molecule has 0 radical (unpaired) electrons. The lowest BCUT2D eigenvalue weighted by atomic mass is 10.0. The fourth-order valence-electron chi connectivity index (χ4n) is 3.52. The molecule has 2 aliphatic rings. The van der Waals surface area contributed by atoms with Crippen molar-refractivity contribution in [1.29, 1.82) is 0 Å². The molecule has 0 bridgehead atoms. The summed E-state index contributed by atoms with van der Waals surface area (Å²) in [5.41, 5.74) is 1.29. The first-order valence-electron chi connectivity index (χ1n) is 9.52. The van der Waals surface area contributed by atoms with E-state index in [2.05, 4.69) is 15.3 Å². The number of hydrogen-bond donors (Lipinski definition) is 1. The molecule has 1 aromatic heterocycles. The van der Waals surface area contributed by atoms with Crippen molar-refractivity contribution in [2.24, 2.45) is 0 Å². The molecule has 8 heteroatoms. The molecule has 2 fully saturated rings. The first kappa shape index (κ1) is 18.8. The van der Waals surface area contributed by atoms with E-state index in [0.717, 1.165) is 31.5 Å². The minimum atomic E-state index is -0.453. The molecule has 0 saturated carbocycles. The first-order chi connectivity index (χ1) is 13.6. The van der Waals surface area contributed by atoms with E-state index in [1.165, 1.54) is 12.1 Å². The third-order valence-electron chi connectivity index (χ3n) is 5.11. The van der Waals surface area contributed by atoms with Crippen molar-refractivity contribution in [3.63, 3.8) is 0 Å². The second-order valence-corrected chi connectivity index (χ2v) is 6.97. The number of hydrogen-bond acceptors (Lipinski definition) is 6. The maximum Gasteiger partial charge on any atom is 0.270 e. The van der Waals surface area contributed by atoms with Gasteiger partial charge in [0.05, 0.1) is 13.2 Å². The van der Waals surface area contributed by atoms with Crippen molar-refractivity contribution < 1.29 is 18.7 Å².